The van der Waals surface area contributed by atoms with E-state index >= 15 is 0 Å². The quantitative estimate of drug-likeness (QED) is 0.890. The molecule has 2 rings (SSSR count). The highest BCUT2D eigenvalue weighted by atomic mass is 16.5. The van der Waals surface area contributed by atoms with E-state index < -0.39 is 0 Å². The van der Waals surface area contributed by atoms with E-state index in [-0.39, 0.29) is 0 Å². The number of ether oxygens (including phenoxy) is 1. The lowest BCUT2D eigenvalue weighted by molar-refractivity contribution is 0.414. The van der Waals surface area contributed by atoms with Crippen molar-refractivity contribution in [2.75, 3.05) is 12.4 Å². The smallest absolute Gasteiger partial charge is 0.118 e. The molecule has 4 heteroatoms. The average Bonchev–Trinajstić information content (AvgIpc) is 2.46. The van der Waals surface area contributed by atoms with Crippen LogP contribution >= 0.6 is 0 Å². The second kappa shape index (κ2) is 5.69. The van der Waals surface area contributed by atoms with Crippen LogP contribution in [0.3, 0.4) is 0 Å². The number of nitriles is 1. The van der Waals surface area contributed by atoms with Gasteiger partial charge in [-0.1, -0.05) is 12.1 Å². The minimum absolute atomic E-state index is 0.596. The number of hydrogen-bond acceptors (Lipinski definition) is 4. The Balaban J connectivity index is 2.05. The Morgan fingerprint density at radius 2 is 2.06 bits per heavy atom. The molecule has 0 atom stereocenters. The van der Waals surface area contributed by atoms with Crippen LogP contribution in [0.15, 0.2) is 42.7 Å². The Kier molecular flexibility index (Phi) is 3.77. The molecule has 1 aromatic carbocycles. The lowest BCUT2D eigenvalue weighted by Gasteiger charge is -2.08. The SMILES string of the molecule is COc1ccc(CNc2cnccc2C#N)cc1. The maximum absolute atomic E-state index is 8.95. The highest BCUT2D eigenvalue weighted by molar-refractivity contribution is 5.55. The number of hydrogen-bond donors (Lipinski definition) is 1. The topological polar surface area (TPSA) is 57.9 Å². The van der Waals surface area contributed by atoms with Gasteiger partial charge in [-0.2, -0.15) is 5.26 Å². The van der Waals surface area contributed by atoms with Gasteiger partial charge in [-0.15, -0.1) is 0 Å². The molecule has 0 aliphatic carbocycles. The zero-order chi connectivity index (χ0) is 12.8. The second-order valence-corrected chi connectivity index (χ2v) is 3.73. The summed E-state index contributed by atoms with van der Waals surface area (Å²) in [6.45, 7) is 0.643. The van der Waals surface area contributed by atoms with Gasteiger partial charge in [0.15, 0.2) is 0 Å². The molecule has 90 valence electrons. The molecule has 0 radical (unpaired) electrons. The number of aromatic nitrogens is 1. The van der Waals surface area contributed by atoms with Gasteiger partial charge in [0, 0.05) is 12.7 Å². The molecule has 0 aliphatic rings. The number of benzene rings is 1. The summed E-state index contributed by atoms with van der Waals surface area (Å²) in [5.74, 6) is 0.831. The van der Waals surface area contributed by atoms with E-state index in [0.717, 1.165) is 17.0 Å². The standard InChI is InChI=1S/C14H13N3O/c1-18-13-4-2-11(3-5-13)9-17-14-10-16-7-6-12(14)8-15/h2-7,10,17H,9H2,1H3. The molecule has 1 N–H and O–H groups in total. The van der Waals surface area contributed by atoms with Crippen molar-refractivity contribution in [2.24, 2.45) is 0 Å². The molecule has 0 saturated heterocycles. The minimum Gasteiger partial charge on any atom is -0.497 e. The molecule has 0 unspecified atom stereocenters. The van der Waals surface area contributed by atoms with E-state index in [2.05, 4.69) is 16.4 Å². The first-order chi connectivity index (χ1) is 8.83. The summed E-state index contributed by atoms with van der Waals surface area (Å²) >= 11 is 0. The fourth-order valence-electron chi connectivity index (χ4n) is 1.57. The van der Waals surface area contributed by atoms with E-state index in [1.807, 2.05) is 24.3 Å². The molecular weight excluding hydrogens is 226 g/mol. The Morgan fingerprint density at radius 3 is 2.72 bits per heavy atom. The Hall–Kier alpha value is -2.54. The van der Waals surface area contributed by atoms with Gasteiger partial charge in [0.25, 0.3) is 0 Å². The van der Waals surface area contributed by atoms with Gasteiger partial charge in [0.05, 0.1) is 24.6 Å². The largest absolute Gasteiger partial charge is 0.497 e. The van der Waals surface area contributed by atoms with Gasteiger partial charge in [-0.25, -0.2) is 0 Å². The Bertz CT molecular complexity index is 558. The van der Waals surface area contributed by atoms with Crippen LogP contribution in [-0.2, 0) is 6.54 Å². The van der Waals surface area contributed by atoms with Gasteiger partial charge in [0.1, 0.15) is 11.8 Å². The van der Waals surface area contributed by atoms with Crippen molar-refractivity contribution in [3.8, 4) is 11.8 Å². The van der Waals surface area contributed by atoms with Crippen molar-refractivity contribution in [3.63, 3.8) is 0 Å². The summed E-state index contributed by atoms with van der Waals surface area (Å²) in [6.07, 6.45) is 3.26. The predicted molar refractivity (Wildman–Crippen MR) is 69.3 cm³/mol. The van der Waals surface area contributed by atoms with Gasteiger partial charge in [-0.3, -0.25) is 4.98 Å². The van der Waals surface area contributed by atoms with Crippen LogP contribution in [0.4, 0.5) is 5.69 Å². The first-order valence-corrected chi connectivity index (χ1v) is 5.54. The van der Waals surface area contributed by atoms with Crippen molar-refractivity contribution >= 4 is 5.69 Å². The normalized spacial score (nSPS) is 9.56. The summed E-state index contributed by atoms with van der Waals surface area (Å²) in [6, 6.07) is 11.6. The van der Waals surface area contributed by atoms with Gasteiger partial charge < -0.3 is 10.1 Å². The van der Waals surface area contributed by atoms with Crippen molar-refractivity contribution < 1.29 is 4.74 Å². The van der Waals surface area contributed by atoms with Gasteiger partial charge >= 0.3 is 0 Å². The number of rotatable bonds is 4. The lowest BCUT2D eigenvalue weighted by Crippen LogP contribution is -2.01. The Labute approximate surface area is 106 Å². The number of methoxy groups -OCH3 is 1. The fourth-order valence-corrected chi connectivity index (χ4v) is 1.57. The van der Waals surface area contributed by atoms with Crippen molar-refractivity contribution in [1.82, 2.24) is 4.98 Å². The Morgan fingerprint density at radius 1 is 1.28 bits per heavy atom. The van der Waals surface area contributed by atoms with E-state index in [0.29, 0.717) is 12.1 Å². The molecular formula is C14H13N3O. The zero-order valence-corrected chi connectivity index (χ0v) is 10.1. The molecule has 0 fully saturated rings. The molecule has 4 nitrogen and oxygen atoms in total. The third kappa shape index (κ3) is 2.77. The van der Waals surface area contributed by atoms with E-state index in [9.17, 15) is 0 Å². The van der Waals surface area contributed by atoms with Crippen LogP contribution < -0.4 is 10.1 Å². The minimum atomic E-state index is 0.596. The van der Waals surface area contributed by atoms with Gasteiger partial charge in [-0.05, 0) is 23.8 Å². The van der Waals surface area contributed by atoms with Crippen LogP contribution in [0.1, 0.15) is 11.1 Å². The third-order valence-electron chi connectivity index (χ3n) is 2.58. The van der Waals surface area contributed by atoms with Crippen LogP contribution in [0, 0.1) is 11.3 Å². The highest BCUT2D eigenvalue weighted by Crippen LogP contribution is 2.15. The molecule has 0 spiro atoms. The number of anilines is 1. The van der Waals surface area contributed by atoms with Crippen LogP contribution in [0.2, 0.25) is 0 Å². The van der Waals surface area contributed by atoms with Crippen LogP contribution in [0.25, 0.3) is 0 Å². The van der Waals surface area contributed by atoms with Crippen molar-refractivity contribution in [3.05, 3.63) is 53.9 Å². The first-order valence-electron chi connectivity index (χ1n) is 5.54. The molecule has 2 aromatic rings. The molecule has 0 amide bonds. The molecule has 0 aliphatic heterocycles. The third-order valence-corrected chi connectivity index (χ3v) is 2.58. The van der Waals surface area contributed by atoms with E-state index in [1.165, 1.54) is 0 Å². The number of pyridine rings is 1. The monoisotopic (exact) mass is 239 g/mol. The molecule has 1 aromatic heterocycles. The molecule has 18 heavy (non-hydrogen) atoms. The van der Waals surface area contributed by atoms with Crippen molar-refractivity contribution in [2.45, 2.75) is 6.54 Å². The summed E-state index contributed by atoms with van der Waals surface area (Å²) < 4.78 is 5.09. The van der Waals surface area contributed by atoms with Gasteiger partial charge in [0.2, 0.25) is 0 Å². The summed E-state index contributed by atoms with van der Waals surface area (Å²) in [4.78, 5) is 4.00. The maximum Gasteiger partial charge on any atom is 0.118 e. The average molecular weight is 239 g/mol. The highest BCUT2D eigenvalue weighted by Gasteiger charge is 2.01. The van der Waals surface area contributed by atoms with Crippen molar-refractivity contribution in [1.29, 1.82) is 5.26 Å². The summed E-state index contributed by atoms with van der Waals surface area (Å²) in [5, 5.41) is 12.1. The fraction of sp³-hybridized carbons (Fsp3) is 0.143. The number of nitrogens with one attached hydrogen (secondary N) is 1. The van der Waals surface area contributed by atoms with E-state index in [4.69, 9.17) is 10.00 Å². The molecule has 1 heterocycles. The lowest BCUT2D eigenvalue weighted by atomic mass is 10.2. The van der Waals surface area contributed by atoms with Crippen LogP contribution in [0.5, 0.6) is 5.75 Å². The molecule has 0 bridgehead atoms. The first kappa shape index (κ1) is 11.9. The van der Waals surface area contributed by atoms with Crippen LogP contribution in [-0.4, -0.2) is 12.1 Å². The summed E-state index contributed by atoms with van der Waals surface area (Å²) in [5.41, 5.74) is 2.46. The maximum atomic E-state index is 8.95. The zero-order valence-electron chi connectivity index (χ0n) is 10.1. The van der Waals surface area contributed by atoms with E-state index in [1.54, 1.807) is 25.6 Å². The predicted octanol–water partition coefficient (Wildman–Crippen LogP) is 2.57. The number of nitrogens with zero attached hydrogens (tertiary/aromatic N) is 2. The second-order valence-electron chi connectivity index (χ2n) is 3.73. The molecule has 0 saturated carbocycles. The summed E-state index contributed by atoms with van der Waals surface area (Å²) in [7, 11) is 1.64.